The van der Waals surface area contributed by atoms with E-state index in [1.165, 1.54) is 11.3 Å². The fourth-order valence-electron chi connectivity index (χ4n) is 6.96. The summed E-state index contributed by atoms with van der Waals surface area (Å²) < 4.78 is 0. The molecule has 4 bridgehead atoms. The molecule has 8 heteroatoms. The average Bonchev–Trinajstić information content (AvgIpc) is 3.37. The SMILES string of the molecule is N#C[C@@H]1CCCN1C(=O)CNC12CC3CC1CC(CN1C(=O)CSC1=O)(C3)C2. The van der Waals surface area contributed by atoms with Crippen LogP contribution in [0.5, 0.6) is 0 Å². The Balaban J connectivity index is 1.27. The average molecular weight is 403 g/mol. The molecule has 0 aromatic carbocycles. The van der Waals surface area contributed by atoms with Crippen LogP contribution in [0, 0.1) is 28.6 Å². The summed E-state index contributed by atoms with van der Waals surface area (Å²) >= 11 is 1.11. The molecule has 4 saturated carbocycles. The van der Waals surface area contributed by atoms with Crippen molar-refractivity contribution in [2.45, 2.75) is 56.5 Å². The number of carbonyl (C=O) groups excluding carboxylic acids is 3. The van der Waals surface area contributed by atoms with Gasteiger partial charge in [-0.2, -0.15) is 5.26 Å². The van der Waals surface area contributed by atoms with Crippen LogP contribution in [0.2, 0.25) is 0 Å². The van der Waals surface area contributed by atoms with Crippen molar-refractivity contribution in [3.8, 4) is 6.07 Å². The van der Waals surface area contributed by atoms with Gasteiger partial charge in [0, 0.05) is 18.6 Å². The van der Waals surface area contributed by atoms with Gasteiger partial charge in [0.05, 0.1) is 18.4 Å². The molecule has 1 N–H and O–H groups in total. The van der Waals surface area contributed by atoms with Crippen LogP contribution in [-0.2, 0) is 9.59 Å². The number of nitriles is 1. The lowest BCUT2D eigenvalue weighted by Gasteiger charge is -2.42. The molecule has 6 aliphatic rings. The molecule has 0 aromatic rings. The van der Waals surface area contributed by atoms with Gasteiger partial charge in [-0.1, -0.05) is 11.8 Å². The van der Waals surface area contributed by atoms with Gasteiger partial charge in [0.25, 0.3) is 5.24 Å². The van der Waals surface area contributed by atoms with Gasteiger partial charge < -0.3 is 10.2 Å². The quantitative estimate of drug-likeness (QED) is 0.753. The Morgan fingerprint density at radius 2 is 2.18 bits per heavy atom. The predicted octanol–water partition coefficient (Wildman–Crippen LogP) is 1.73. The van der Waals surface area contributed by atoms with Crippen LogP contribution in [0.1, 0.15) is 44.9 Å². The smallest absolute Gasteiger partial charge is 0.288 e. The number of imide groups is 1. The molecule has 4 unspecified atom stereocenters. The summed E-state index contributed by atoms with van der Waals surface area (Å²) in [4.78, 5) is 40.1. The highest BCUT2D eigenvalue weighted by molar-refractivity contribution is 8.14. The monoisotopic (exact) mass is 402 g/mol. The fraction of sp³-hybridized carbons (Fsp3) is 0.800. The van der Waals surface area contributed by atoms with Crippen molar-refractivity contribution in [3.05, 3.63) is 0 Å². The third-order valence-corrected chi connectivity index (χ3v) is 8.65. The van der Waals surface area contributed by atoms with Crippen molar-refractivity contribution in [2.75, 3.05) is 25.4 Å². The van der Waals surface area contributed by atoms with Gasteiger partial charge in [-0.25, -0.2) is 0 Å². The Hall–Kier alpha value is -1.59. The zero-order valence-electron chi connectivity index (χ0n) is 16.0. The number of nitrogens with one attached hydrogen (secondary N) is 1. The van der Waals surface area contributed by atoms with Crippen LogP contribution in [0.25, 0.3) is 0 Å². The van der Waals surface area contributed by atoms with Gasteiger partial charge in [-0.05, 0) is 62.2 Å². The summed E-state index contributed by atoms with van der Waals surface area (Å²) in [5, 5.41) is 12.8. The van der Waals surface area contributed by atoms with Gasteiger partial charge in [0.15, 0.2) is 0 Å². The fourth-order valence-corrected chi connectivity index (χ4v) is 7.69. The molecular formula is C20H26N4O3S. The van der Waals surface area contributed by atoms with E-state index in [9.17, 15) is 19.6 Å². The summed E-state index contributed by atoms with van der Waals surface area (Å²) in [6, 6.07) is 1.96. The molecule has 3 amide bonds. The van der Waals surface area contributed by atoms with Gasteiger partial charge in [0.2, 0.25) is 11.8 Å². The van der Waals surface area contributed by atoms with Crippen LogP contribution < -0.4 is 5.32 Å². The van der Waals surface area contributed by atoms with E-state index in [-0.39, 0.29) is 46.3 Å². The summed E-state index contributed by atoms with van der Waals surface area (Å²) in [6.45, 7) is 1.51. The Bertz CT molecular complexity index is 766. The second-order valence-corrected chi connectivity index (χ2v) is 10.4. The second kappa shape index (κ2) is 6.46. The number of nitrogens with zero attached hydrogens (tertiary/aromatic N) is 3. The normalized spacial score (nSPS) is 41.3. The summed E-state index contributed by atoms with van der Waals surface area (Å²) in [6.07, 6.45) is 7.02. The van der Waals surface area contributed by atoms with Crippen molar-refractivity contribution < 1.29 is 14.4 Å². The van der Waals surface area contributed by atoms with Crippen molar-refractivity contribution in [1.82, 2.24) is 15.1 Å². The molecular weight excluding hydrogens is 376 g/mol. The lowest BCUT2D eigenvalue weighted by Crippen LogP contribution is -2.53. The highest BCUT2D eigenvalue weighted by Gasteiger charge is 2.64. The third-order valence-electron chi connectivity index (χ3n) is 7.79. The number of rotatable bonds is 5. The molecule has 6 fully saturated rings. The topological polar surface area (TPSA) is 93.5 Å². The van der Waals surface area contributed by atoms with Gasteiger partial charge in [0.1, 0.15) is 6.04 Å². The van der Waals surface area contributed by atoms with Crippen LogP contribution >= 0.6 is 11.8 Å². The zero-order valence-corrected chi connectivity index (χ0v) is 16.8. The summed E-state index contributed by atoms with van der Waals surface area (Å²) in [5.74, 6) is 1.38. The zero-order chi connectivity index (χ0) is 19.5. The van der Waals surface area contributed by atoms with E-state index in [1.807, 2.05) is 0 Å². The second-order valence-electron chi connectivity index (χ2n) is 9.51. The van der Waals surface area contributed by atoms with Crippen LogP contribution in [0.15, 0.2) is 0 Å². The third kappa shape index (κ3) is 2.78. The molecule has 7 nitrogen and oxygen atoms in total. The number of carbonyl (C=O) groups is 3. The van der Waals surface area contributed by atoms with E-state index >= 15 is 0 Å². The Morgan fingerprint density at radius 1 is 1.32 bits per heavy atom. The van der Waals surface area contributed by atoms with E-state index in [4.69, 9.17) is 0 Å². The van der Waals surface area contributed by atoms with Crippen molar-refractivity contribution >= 4 is 28.8 Å². The van der Waals surface area contributed by atoms with E-state index < -0.39 is 0 Å². The molecule has 2 heterocycles. The summed E-state index contributed by atoms with van der Waals surface area (Å²) in [7, 11) is 0. The Kier molecular flexibility index (Phi) is 4.25. The molecule has 2 saturated heterocycles. The molecule has 0 spiro atoms. The lowest BCUT2D eigenvalue weighted by molar-refractivity contribution is -0.130. The Morgan fingerprint density at radius 3 is 2.93 bits per heavy atom. The highest BCUT2D eigenvalue weighted by Crippen LogP contribution is 2.66. The number of amides is 3. The minimum absolute atomic E-state index is 0.0148. The minimum Gasteiger partial charge on any atom is -0.326 e. The van der Waals surface area contributed by atoms with Crippen molar-refractivity contribution in [1.29, 1.82) is 5.26 Å². The first kappa shape index (κ1) is 18.4. The maximum atomic E-state index is 12.7. The van der Waals surface area contributed by atoms with E-state index in [0.717, 1.165) is 50.3 Å². The van der Waals surface area contributed by atoms with Gasteiger partial charge in [-0.15, -0.1) is 0 Å². The first-order valence-corrected chi connectivity index (χ1v) is 11.3. The first-order valence-electron chi connectivity index (χ1n) is 10.3. The predicted molar refractivity (Wildman–Crippen MR) is 103 cm³/mol. The Labute approximate surface area is 169 Å². The molecule has 4 aliphatic carbocycles. The van der Waals surface area contributed by atoms with Crippen molar-refractivity contribution in [2.24, 2.45) is 17.3 Å². The first-order chi connectivity index (χ1) is 13.4. The lowest BCUT2D eigenvalue weighted by atomic mass is 9.68. The maximum Gasteiger partial charge on any atom is 0.288 e. The minimum atomic E-state index is -0.279. The molecule has 0 aromatic heterocycles. The molecule has 2 aliphatic heterocycles. The van der Waals surface area contributed by atoms with E-state index in [1.54, 1.807) is 4.90 Å². The van der Waals surface area contributed by atoms with Gasteiger partial charge >= 0.3 is 0 Å². The largest absolute Gasteiger partial charge is 0.326 e. The van der Waals surface area contributed by atoms with Crippen LogP contribution in [0.3, 0.4) is 0 Å². The number of hydrogen-bond acceptors (Lipinski definition) is 6. The maximum absolute atomic E-state index is 12.7. The van der Waals surface area contributed by atoms with E-state index in [2.05, 4.69) is 11.4 Å². The van der Waals surface area contributed by atoms with Gasteiger partial charge in [-0.3, -0.25) is 19.3 Å². The number of likely N-dealkylation sites (tertiary alicyclic amines) is 1. The molecule has 6 rings (SSSR count). The molecule has 0 radical (unpaired) electrons. The van der Waals surface area contributed by atoms with E-state index in [0.29, 0.717) is 24.9 Å². The number of thioether (sulfide) groups is 1. The molecule has 5 atom stereocenters. The summed E-state index contributed by atoms with van der Waals surface area (Å²) in [5.41, 5.74) is -0.0274. The van der Waals surface area contributed by atoms with Crippen LogP contribution in [-0.4, -0.2) is 63.8 Å². The standard InChI is InChI=1S/C20H26N4O3S/c21-8-15-2-1-3-23(15)16(25)9-22-20-6-13-4-14(20)7-19(5-13,11-20)12-24-17(26)10-28-18(24)27/h13-15,22H,1-7,9-12H2/t13?,14?,15-,19?,20?/m0/s1. The molecule has 28 heavy (non-hydrogen) atoms. The van der Waals surface area contributed by atoms with Crippen LogP contribution in [0.4, 0.5) is 4.79 Å². The van der Waals surface area contributed by atoms with Crippen molar-refractivity contribution in [3.63, 3.8) is 0 Å². The molecule has 150 valence electrons. The highest BCUT2D eigenvalue weighted by atomic mass is 32.2. The number of hydrogen-bond donors (Lipinski definition) is 1.